The smallest absolute Gasteiger partial charge is 0.246 e. The summed E-state index contributed by atoms with van der Waals surface area (Å²) in [5.74, 6) is 0.525. The van der Waals surface area contributed by atoms with Crippen molar-refractivity contribution < 1.29 is 9.59 Å². The highest BCUT2D eigenvalue weighted by Gasteiger charge is 2.47. The van der Waals surface area contributed by atoms with Gasteiger partial charge in [0.25, 0.3) is 0 Å². The zero-order valence-electron chi connectivity index (χ0n) is 10.1. The summed E-state index contributed by atoms with van der Waals surface area (Å²) in [6.45, 7) is 1.83. The predicted molar refractivity (Wildman–Crippen MR) is 63.1 cm³/mol. The number of piperazine rings is 1. The van der Waals surface area contributed by atoms with Crippen LogP contribution in [0.4, 0.5) is 0 Å². The molecule has 0 radical (unpaired) electrons. The van der Waals surface area contributed by atoms with E-state index in [9.17, 15) is 9.59 Å². The Morgan fingerprint density at radius 2 is 1.88 bits per heavy atom. The van der Waals surface area contributed by atoms with E-state index in [0.717, 1.165) is 25.7 Å². The molecule has 2 unspecified atom stereocenters. The number of hydrogen-bond acceptors (Lipinski definition) is 2. The van der Waals surface area contributed by atoms with Gasteiger partial charge in [0, 0.05) is 6.04 Å². The van der Waals surface area contributed by atoms with Gasteiger partial charge in [-0.3, -0.25) is 9.59 Å². The third-order valence-electron chi connectivity index (χ3n) is 4.08. The van der Waals surface area contributed by atoms with E-state index in [1.54, 1.807) is 0 Å². The SMILES string of the molecule is CC1C(=O)NC(C2CC2)C(=O)N1C1CC=CC1. The van der Waals surface area contributed by atoms with Crippen LogP contribution in [-0.2, 0) is 9.59 Å². The second kappa shape index (κ2) is 3.86. The summed E-state index contributed by atoms with van der Waals surface area (Å²) in [7, 11) is 0. The number of hydrogen-bond donors (Lipinski definition) is 1. The predicted octanol–water partition coefficient (Wildman–Crippen LogP) is 0.830. The molecule has 2 amide bonds. The third kappa shape index (κ3) is 1.75. The number of nitrogens with one attached hydrogen (secondary N) is 1. The number of amides is 2. The Kier molecular flexibility index (Phi) is 2.45. The maximum Gasteiger partial charge on any atom is 0.246 e. The molecule has 2 fully saturated rings. The summed E-state index contributed by atoms with van der Waals surface area (Å²) in [6.07, 6.45) is 8.12. The van der Waals surface area contributed by atoms with Crippen molar-refractivity contribution in [2.24, 2.45) is 5.92 Å². The number of carbonyl (C=O) groups excluding carboxylic acids is 2. The number of rotatable bonds is 2. The van der Waals surface area contributed by atoms with Gasteiger partial charge in [0.1, 0.15) is 12.1 Å². The van der Waals surface area contributed by atoms with Crippen LogP contribution in [0.5, 0.6) is 0 Å². The summed E-state index contributed by atoms with van der Waals surface area (Å²) in [5, 5.41) is 2.88. The first-order valence-electron chi connectivity index (χ1n) is 6.46. The Balaban J connectivity index is 1.82. The highest BCUT2D eigenvalue weighted by atomic mass is 16.2. The summed E-state index contributed by atoms with van der Waals surface area (Å²) in [5.41, 5.74) is 0. The van der Waals surface area contributed by atoms with Gasteiger partial charge in [-0.15, -0.1) is 0 Å². The fourth-order valence-electron chi connectivity index (χ4n) is 2.89. The van der Waals surface area contributed by atoms with Gasteiger partial charge in [-0.1, -0.05) is 12.2 Å². The lowest BCUT2D eigenvalue weighted by Gasteiger charge is -2.41. The summed E-state index contributed by atoms with van der Waals surface area (Å²) < 4.78 is 0. The molecule has 1 N–H and O–H groups in total. The molecule has 17 heavy (non-hydrogen) atoms. The molecule has 0 aromatic carbocycles. The van der Waals surface area contributed by atoms with E-state index in [4.69, 9.17) is 0 Å². The molecule has 1 aliphatic heterocycles. The number of nitrogens with zero attached hydrogens (tertiary/aromatic N) is 1. The van der Waals surface area contributed by atoms with E-state index in [1.165, 1.54) is 0 Å². The lowest BCUT2D eigenvalue weighted by atomic mass is 10.0. The van der Waals surface area contributed by atoms with Crippen LogP contribution in [0.25, 0.3) is 0 Å². The third-order valence-corrected chi connectivity index (χ3v) is 4.08. The second-order valence-electron chi connectivity index (χ2n) is 5.34. The summed E-state index contributed by atoms with van der Waals surface area (Å²) in [4.78, 5) is 26.2. The molecule has 0 aromatic heterocycles. The molecule has 1 saturated carbocycles. The van der Waals surface area contributed by atoms with Gasteiger partial charge in [0.2, 0.25) is 11.8 Å². The van der Waals surface area contributed by atoms with Crippen molar-refractivity contribution in [1.29, 1.82) is 0 Å². The molecule has 4 nitrogen and oxygen atoms in total. The Bertz CT molecular complexity index is 379. The monoisotopic (exact) mass is 234 g/mol. The van der Waals surface area contributed by atoms with Gasteiger partial charge in [-0.05, 0) is 38.5 Å². The summed E-state index contributed by atoms with van der Waals surface area (Å²) >= 11 is 0. The second-order valence-corrected chi connectivity index (χ2v) is 5.34. The van der Waals surface area contributed by atoms with Crippen molar-refractivity contribution in [2.75, 3.05) is 0 Å². The van der Waals surface area contributed by atoms with Crippen molar-refractivity contribution in [3.63, 3.8) is 0 Å². The highest BCUT2D eigenvalue weighted by molar-refractivity contribution is 5.97. The lowest BCUT2D eigenvalue weighted by molar-refractivity contribution is -0.151. The first kappa shape index (κ1) is 10.8. The zero-order chi connectivity index (χ0) is 12.0. The molecular weight excluding hydrogens is 216 g/mol. The molecule has 0 aromatic rings. The Morgan fingerprint density at radius 1 is 1.24 bits per heavy atom. The standard InChI is InChI=1S/C13H18N2O2/c1-8-12(16)14-11(9-6-7-9)13(17)15(8)10-4-2-3-5-10/h2-3,8-11H,4-7H2,1H3,(H,14,16). The first-order chi connectivity index (χ1) is 8.18. The van der Waals surface area contributed by atoms with E-state index in [-0.39, 0.29) is 29.9 Å². The van der Waals surface area contributed by atoms with Gasteiger partial charge >= 0.3 is 0 Å². The van der Waals surface area contributed by atoms with Crippen LogP contribution in [0.3, 0.4) is 0 Å². The molecule has 4 heteroatoms. The van der Waals surface area contributed by atoms with Crippen LogP contribution < -0.4 is 5.32 Å². The molecule has 3 aliphatic rings. The topological polar surface area (TPSA) is 49.4 Å². The van der Waals surface area contributed by atoms with Gasteiger partial charge in [0.15, 0.2) is 0 Å². The quantitative estimate of drug-likeness (QED) is 0.719. The van der Waals surface area contributed by atoms with Crippen molar-refractivity contribution in [2.45, 2.75) is 50.7 Å². The van der Waals surface area contributed by atoms with Gasteiger partial charge < -0.3 is 10.2 Å². The van der Waals surface area contributed by atoms with Crippen LogP contribution in [0.2, 0.25) is 0 Å². The fourth-order valence-corrected chi connectivity index (χ4v) is 2.89. The maximum atomic E-state index is 12.4. The van der Waals surface area contributed by atoms with Crippen LogP contribution in [0, 0.1) is 5.92 Å². The van der Waals surface area contributed by atoms with Crippen molar-refractivity contribution in [1.82, 2.24) is 10.2 Å². The van der Waals surface area contributed by atoms with Gasteiger partial charge in [0.05, 0.1) is 0 Å². The van der Waals surface area contributed by atoms with E-state index in [1.807, 2.05) is 11.8 Å². The maximum absolute atomic E-state index is 12.4. The van der Waals surface area contributed by atoms with E-state index >= 15 is 0 Å². The van der Waals surface area contributed by atoms with Crippen LogP contribution in [-0.4, -0.2) is 34.8 Å². The van der Waals surface area contributed by atoms with E-state index < -0.39 is 0 Å². The molecule has 1 heterocycles. The highest BCUT2D eigenvalue weighted by Crippen LogP contribution is 2.36. The molecule has 0 spiro atoms. The lowest BCUT2D eigenvalue weighted by Crippen LogP contribution is -2.65. The average molecular weight is 234 g/mol. The fraction of sp³-hybridized carbons (Fsp3) is 0.692. The largest absolute Gasteiger partial charge is 0.342 e. The van der Waals surface area contributed by atoms with E-state index in [0.29, 0.717) is 5.92 Å². The summed E-state index contributed by atoms with van der Waals surface area (Å²) in [6, 6.07) is -0.369. The minimum atomic E-state index is -0.317. The van der Waals surface area contributed by atoms with Crippen LogP contribution >= 0.6 is 0 Å². The minimum absolute atomic E-state index is 0.00778. The zero-order valence-corrected chi connectivity index (χ0v) is 10.1. The van der Waals surface area contributed by atoms with Crippen molar-refractivity contribution in [3.8, 4) is 0 Å². The normalized spacial score (nSPS) is 34.3. The van der Waals surface area contributed by atoms with Crippen molar-refractivity contribution in [3.05, 3.63) is 12.2 Å². The Labute approximate surface area is 101 Å². The van der Waals surface area contributed by atoms with E-state index in [2.05, 4.69) is 17.5 Å². The Morgan fingerprint density at radius 3 is 2.47 bits per heavy atom. The molecule has 3 rings (SSSR count). The minimum Gasteiger partial charge on any atom is -0.342 e. The first-order valence-corrected chi connectivity index (χ1v) is 6.46. The molecule has 2 atom stereocenters. The molecule has 0 bridgehead atoms. The molecular formula is C13H18N2O2. The average Bonchev–Trinajstić information content (AvgIpc) is 3.01. The molecule has 1 saturated heterocycles. The van der Waals surface area contributed by atoms with Crippen LogP contribution in [0.1, 0.15) is 32.6 Å². The van der Waals surface area contributed by atoms with Crippen molar-refractivity contribution >= 4 is 11.8 Å². The molecule has 2 aliphatic carbocycles. The van der Waals surface area contributed by atoms with Gasteiger partial charge in [-0.2, -0.15) is 0 Å². The Hall–Kier alpha value is -1.32. The number of carbonyl (C=O) groups is 2. The van der Waals surface area contributed by atoms with Crippen LogP contribution in [0.15, 0.2) is 12.2 Å². The molecule has 92 valence electrons. The van der Waals surface area contributed by atoms with Gasteiger partial charge in [-0.25, -0.2) is 0 Å².